The van der Waals surface area contributed by atoms with Gasteiger partial charge in [-0.2, -0.15) is 5.10 Å². The van der Waals surface area contributed by atoms with E-state index in [-0.39, 0.29) is 0 Å². The highest BCUT2D eigenvalue weighted by Crippen LogP contribution is 2.23. The summed E-state index contributed by atoms with van der Waals surface area (Å²) in [7, 11) is 0. The second kappa shape index (κ2) is 7.08. The number of aromatic nitrogens is 2. The molecule has 0 spiro atoms. The highest BCUT2D eigenvalue weighted by Gasteiger charge is 2.21. The molecule has 4 rings (SSSR count). The van der Waals surface area contributed by atoms with Gasteiger partial charge >= 0.3 is 0 Å². The summed E-state index contributed by atoms with van der Waals surface area (Å²) in [5.74, 6) is 0.836. The van der Waals surface area contributed by atoms with Crippen molar-refractivity contribution in [1.29, 1.82) is 0 Å². The van der Waals surface area contributed by atoms with Crippen LogP contribution in [0.3, 0.4) is 0 Å². The van der Waals surface area contributed by atoms with Crippen LogP contribution in [0.2, 0.25) is 0 Å². The maximum atomic E-state index is 4.77. The number of hydrogen-bond acceptors (Lipinski definition) is 3. The zero-order chi connectivity index (χ0) is 16.4. The number of rotatable bonds is 4. The summed E-state index contributed by atoms with van der Waals surface area (Å²) >= 11 is 0. The topological polar surface area (TPSA) is 33.1 Å². The molecule has 1 aromatic heterocycles. The molecule has 0 saturated carbocycles. The minimum atomic E-state index is 0.836. The molecule has 2 aliphatic rings. The van der Waals surface area contributed by atoms with Crippen molar-refractivity contribution in [2.24, 2.45) is 5.92 Å². The molecule has 24 heavy (non-hydrogen) atoms. The molecule has 1 fully saturated rings. The highest BCUT2D eigenvalue weighted by atomic mass is 15.3. The van der Waals surface area contributed by atoms with Gasteiger partial charge in [-0.25, -0.2) is 0 Å². The predicted molar refractivity (Wildman–Crippen MR) is 96.8 cm³/mol. The molecular formula is C20H28N4. The van der Waals surface area contributed by atoms with E-state index in [0.29, 0.717) is 0 Å². The van der Waals surface area contributed by atoms with E-state index in [9.17, 15) is 0 Å². The van der Waals surface area contributed by atoms with Crippen molar-refractivity contribution in [3.05, 3.63) is 52.8 Å². The lowest BCUT2D eigenvalue weighted by molar-refractivity contribution is 0.175. The molecule has 0 atom stereocenters. The van der Waals surface area contributed by atoms with Crippen LogP contribution in [0, 0.1) is 12.8 Å². The van der Waals surface area contributed by atoms with Crippen molar-refractivity contribution in [3.8, 4) is 0 Å². The Kier molecular flexibility index (Phi) is 4.67. The van der Waals surface area contributed by atoms with Gasteiger partial charge in [-0.05, 0) is 56.8 Å². The average Bonchev–Trinajstić information content (AvgIpc) is 3.01. The summed E-state index contributed by atoms with van der Waals surface area (Å²) in [6.45, 7) is 8.59. The van der Waals surface area contributed by atoms with Crippen LogP contribution in [0.15, 0.2) is 30.3 Å². The maximum absolute atomic E-state index is 4.77. The Morgan fingerprint density at radius 1 is 1.12 bits per heavy atom. The summed E-state index contributed by atoms with van der Waals surface area (Å²) < 4.78 is 2.18. The van der Waals surface area contributed by atoms with Crippen molar-refractivity contribution in [1.82, 2.24) is 20.0 Å². The number of benzene rings is 1. The van der Waals surface area contributed by atoms with Crippen LogP contribution in [0.25, 0.3) is 0 Å². The first kappa shape index (κ1) is 15.9. The van der Waals surface area contributed by atoms with Crippen LogP contribution in [0.5, 0.6) is 0 Å². The zero-order valence-corrected chi connectivity index (χ0v) is 14.7. The molecule has 1 N–H and O–H groups in total. The van der Waals surface area contributed by atoms with Crippen molar-refractivity contribution in [3.63, 3.8) is 0 Å². The highest BCUT2D eigenvalue weighted by molar-refractivity contribution is 5.21. The molecule has 3 heterocycles. The summed E-state index contributed by atoms with van der Waals surface area (Å²) in [5.41, 5.74) is 5.43. The van der Waals surface area contributed by atoms with Gasteiger partial charge in [0, 0.05) is 19.6 Å². The van der Waals surface area contributed by atoms with Crippen molar-refractivity contribution >= 4 is 0 Å². The van der Waals surface area contributed by atoms with Gasteiger partial charge in [0.05, 0.1) is 17.9 Å². The quantitative estimate of drug-likeness (QED) is 0.939. The molecule has 1 saturated heterocycles. The predicted octanol–water partition coefficient (Wildman–Crippen LogP) is 2.75. The molecule has 4 nitrogen and oxygen atoms in total. The Bertz CT molecular complexity index is 642. The van der Waals surface area contributed by atoms with E-state index < -0.39 is 0 Å². The Balaban J connectivity index is 1.28. The molecule has 4 heteroatoms. The number of nitrogens with zero attached hydrogens (tertiary/aromatic N) is 3. The van der Waals surface area contributed by atoms with Gasteiger partial charge in [0.25, 0.3) is 0 Å². The largest absolute Gasteiger partial charge is 0.309 e. The SMILES string of the molecule is Cc1ccc(CC2CCN(Cc3cc4n(n3)CCNC4)CC2)cc1. The minimum Gasteiger partial charge on any atom is -0.309 e. The summed E-state index contributed by atoms with van der Waals surface area (Å²) in [4.78, 5) is 2.58. The van der Waals surface area contributed by atoms with Crippen LogP contribution >= 0.6 is 0 Å². The first-order chi connectivity index (χ1) is 11.8. The summed E-state index contributed by atoms with van der Waals surface area (Å²) in [6.07, 6.45) is 3.85. The molecule has 0 aliphatic carbocycles. The fraction of sp³-hybridized carbons (Fsp3) is 0.550. The van der Waals surface area contributed by atoms with Gasteiger partial charge in [-0.3, -0.25) is 9.58 Å². The van der Waals surface area contributed by atoms with Gasteiger partial charge in [0.15, 0.2) is 0 Å². The van der Waals surface area contributed by atoms with Gasteiger partial charge < -0.3 is 5.32 Å². The van der Waals surface area contributed by atoms with E-state index >= 15 is 0 Å². The number of hydrogen-bond donors (Lipinski definition) is 1. The molecule has 0 bridgehead atoms. The molecule has 2 aromatic rings. The molecule has 2 aliphatic heterocycles. The van der Waals surface area contributed by atoms with Crippen LogP contribution in [0.1, 0.15) is 35.4 Å². The lowest BCUT2D eigenvalue weighted by Crippen LogP contribution is -2.34. The van der Waals surface area contributed by atoms with Gasteiger partial charge in [-0.15, -0.1) is 0 Å². The van der Waals surface area contributed by atoms with Crippen molar-refractivity contribution in [2.75, 3.05) is 19.6 Å². The molecule has 128 valence electrons. The van der Waals surface area contributed by atoms with Gasteiger partial charge in [0.1, 0.15) is 0 Å². The van der Waals surface area contributed by atoms with Crippen LogP contribution in [-0.2, 0) is 26.1 Å². The van der Waals surface area contributed by atoms with Crippen LogP contribution < -0.4 is 5.32 Å². The average molecular weight is 324 g/mol. The lowest BCUT2D eigenvalue weighted by atomic mass is 9.90. The molecule has 0 amide bonds. The Labute approximate surface area is 144 Å². The van der Waals surface area contributed by atoms with E-state index in [1.165, 1.54) is 54.9 Å². The second-order valence-electron chi connectivity index (χ2n) is 7.44. The van der Waals surface area contributed by atoms with E-state index in [2.05, 4.69) is 52.2 Å². The zero-order valence-electron chi connectivity index (χ0n) is 14.7. The Hall–Kier alpha value is -1.65. The lowest BCUT2D eigenvalue weighted by Gasteiger charge is -2.31. The fourth-order valence-corrected chi connectivity index (χ4v) is 3.96. The van der Waals surface area contributed by atoms with E-state index in [0.717, 1.165) is 32.1 Å². The van der Waals surface area contributed by atoms with Crippen molar-refractivity contribution in [2.45, 2.75) is 45.8 Å². The second-order valence-corrected chi connectivity index (χ2v) is 7.44. The molecule has 0 unspecified atom stereocenters. The summed E-state index contributed by atoms with van der Waals surface area (Å²) in [5, 5.41) is 8.19. The number of nitrogens with one attached hydrogen (secondary N) is 1. The normalized spacial score (nSPS) is 19.4. The Morgan fingerprint density at radius 2 is 1.92 bits per heavy atom. The standard InChI is InChI=1S/C20H28N4/c1-16-2-4-17(5-3-16)12-18-6-9-23(10-7-18)15-19-13-20-14-21-8-11-24(20)22-19/h2-5,13,18,21H,6-12,14-15H2,1H3. The van der Waals surface area contributed by atoms with Crippen molar-refractivity contribution < 1.29 is 0 Å². The van der Waals surface area contributed by atoms with Gasteiger partial charge in [-0.1, -0.05) is 29.8 Å². The monoisotopic (exact) mass is 324 g/mol. The fourth-order valence-electron chi connectivity index (χ4n) is 3.96. The number of likely N-dealkylation sites (tertiary alicyclic amines) is 1. The molecule has 1 aromatic carbocycles. The number of aryl methyl sites for hydroxylation is 1. The molecular weight excluding hydrogens is 296 g/mol. The first-order valence-electron chi connectivity index (χ1n) is 9.30. The maximum Gasteiger partial charge on any atom is 0.0768 e. The third kappa shape index (κ3) is 3.70. The molecule has 0 radical (unpaired) electrons. The minimum absolute atomic E-state index is 0.836. The Morgan fingerprint density at radius 3 is 2.67 bits per heavy atom. The van der Waals surface area contributed by atoms with Crippen LogP contribution in [0.4, 0.5) is 0 Å². The van der Waals surface area contributed by atoms with E-state index in [1.807, 2.05) is 0 Å². The van der Waals surface area contributed by atoms with E-state index in [1.54, 1.807) is 0 Å². The number of piperidine rings is 1. The third-order valence-electron chi connectivity index (χ3n) is 5.46. The van der Waals surface area contributed by atoms with Crippen LogP contribution in [-0.4, -0.2) is 34.3 Å². The summed E-state index contributed by atoms with van der Waals surface area (Å²) in [6, 6.07) is 11.3. The van der Waals surface area contributed by atoms with E-state index in [4.69, 9.17) is 5.10 Å². The number of fused-ring (bicyclic) bond motifs is 1. The third-order valence-corrected chi connectivity index (χ3v) is 5.46. The first-order valence-corrected chi connectivity index (χ1v) is 9.30. The smallest absolute Gasteiger partial charge is 0.0768 e. The van der Waals surface area contributed by atoms with Gasteiger partial charge in [0.2, 0.25) is 0 Å².